The number of amides is 1. The molecule has 1 fully saturated rings. The predicted molar refractivity (Wildman–Crippen MR) is 116 cm³/mol. The molecule has 0 aromatic heterocycles. The summed E-state index contributed by atoms with van der Waals surface area (Å²) in [4.78, 5) is 13.0. The maximum Gasteiger partial charge on any atom is 0.261 e. The van der Waals surface area contributed by atoms with Gasteiger partial charge in [-0.3, -0.25) is 9.52 Å². The highest BCUT2D eigenvalue weighted by Crippen LogP contribution is 2.45. The third-order valence-electron chi connectivity index (χ3n) is 4.93. The van der Waals surface area contributed by atoms with Crippen molar-refractivity contribution >= 4 is 37.5 Å². The van der Waals surface area contributed by atoms with Crippen molar-refractivity contribution < 1.29 is 13.2 Å². The van der Waals surface area contributed by atoms with Crippen LogP contribution in [0.1, 0.15) is 28.8 Å². The number of rotatable bonds is 6. The molecule has 5 nitrogen and oxygen atoms in total. The zero-order valence-electron chi connectivity index (χ0n) is 15.4. The molecule has 1 saturated carbocycles. The molecule has 1 amide bonds. The van der Waals surface area contributed by atoms with Crippen molar-refractivity contribution in [2.24, 2.45) is 0 Å². The minimum atomic E-state index is -3.71. The van der Waals surface area contributed by atoms with E-state index in [1.54, 1.807) is 42.5 Å². The smallest absolute Gasteiger partial charge is 0.261 e. The molecular weight excluding hydrogens is 452 g/mol. The lowest BCUT2D eigenvalue weighted by Crippen LogP contribution is -2.34. The average molecular weight is 471 g/mol. The normalized spacial score (nSPS) is 14.8. The number of hydrogen-bond acceptors (Lipinski definition) is 3. The molecule has 0 bridgehead atoms. The van der Waals surface area contributed by atoms with Crippen molar-refractivity contribution in [2.75, 3.05) is 4.72 Å². The molecule has 0 saturated heterocycles. The molecule has 0 atom stereocenters. The van der Waals surface area contributed by atoms with E-state index in [1.807, 2.05) is 24.3 Å². The number of halogens is 1. The molecule has 0 aliphatic heterocycles. The van der Waals surface area contributed by atoms with Crippen LogP contribution in [0.15, 0.2) is 88.2 Å². The van der Waals surface area contributed by atoms with E-state index >= 15 is 0 Å². The van der Waals surface area contributed by atoms with E-state index in [2.05, 4.69) is 26.0 Å². The Hall–Kier alpha value is -2.64. The first-order valence-electron chi connectivity index (χ1n) is 9.15. The molecule has 2 N–H and O–H groups in total. The fraction of sp³-hybridized carbons (Fsp3) is 0.136. The highest BCUT2D eigenvalue weighted by Gasteiger charge is 2.45. The van der Waals surface area contributed by atoms with Crippen molar-refractivity contribution in [1.82, 2.24) is 5.32 Å². The number of carbonyl (C=O) groups excluding carboxylic acids is 1. The number of nitrogens with one attached hydrogen (secondary N) is 2. The second-order valence-corrected chi connectivity index (χ2v) is 9.64. The molecule has 0 spiro atoms. The summed E-state index contributed by atoms with van der Waals surface area (Å²) in [5.41, 5.74) is 1.46. The van der Waals surface area contributed by atoms with Crippen LogP contribution in [0.3, 0.4) is 0 Å². The fourth-order valence-corrected chi connectivity index (χ4v) is 4.54. The van der Waals surface area contributed by atoms with E-state index in [0.29, 0.717) is 11.3 Å². The van der Waals surface area contributed by atoms with E-state index in [1.165, 1.54) is 12.1 Å². The van der Waals surface area contributed by atoms with E-state index in [-0.39, 0.29) is 16.3 Å². The van der Waals surface area contributed by atoms with Crippen molar-refractivity contribution in [3.63, 3.8) is 0 Å². The van der Waals surface area contributed by atoms with Gasteiger partial charge in [0.25, 0.3) is 15.9 Å². The van der Waals surface area contributed by atoms with Gasteiger partial charge >= 0.3 is 0 Å². The molecule has 4 rings (SSSR count). The molecule has 0 unspecified atom stereocenters. The first kappa shape index (κ1) is 19.7. The molecule has 29 heavy (non-hydrogen) atoms. The molecule has 1 aliphatic rings. The Bertz CT molecular complexity index is 1140. The van der Waals surface area contributed by atoms with Crippen molar-refractivity contribution in [1.29, 1.82) is 0 Å². The van der Waals surface area contributed by atoms with E-state index < -0.39 is 10.0 Å². The molecular formula is C22H19BrN2O3S. The molecule has 7 heteroatoms. The zero-order valence-corrected chi connectivity index (χ0v) is 17.8. The first-order chi connectivity index (χ1) is 13.9. The monoisotopic (exact) mass is 470 g/mol. The minimum absolute atomic E-state index is 0.169. The van der Waals surface area contributed by atoms with Gasteiger partial charge < -0.3 is 5.32 Å². The van der Waals surface area contributed by atoms with Gasteiger partial charge in [0.05, 0.1) is 10.4 Å². The minimum Gasteiger partial charge on any atom is -0.343 e. The largest absolute Gasteiger partial charge is 0.343 e. The SMILES string of the molecule is O=C(NC1(c2ccc(Br)cc2)CC1)c1cccc(NS(=O)(=O)c2ccccc2)c1. The van der Waals surface area contributed by atoms with Crippen molar-refractivity contribution in [3.8, 4) is 0 Å². The van der Waals surface area contributed by atoms with Gasteiger partial charge in [-0.05, 0) is 60.9 Å². The maximum atomic E-state index is 12.8. The van der Waals surface area contributed by atoms with E-state index in [4.69, 9.17) is 0 Å². The average Bonchev–Trinajstić information content (AvgIpc) is 3.49. The lowest BCUT2D eigenvalue weighted by molar-refractivity contribution is 0.0931. The summed E-state index contributed by atoms with van der Waals surface area (Å²) in [7, 11) is -3.71. The summed E-state index contributed by atoms with van der Waals surface area (Å²) >= 11 is 3.43. The summed E-state index contributed by atoms with van der Waals surface area (Å²) in [6.45, 7) is 0. The molecule has 3 aromatic rings. The Morgan fingerprint density at radius 2 is 1.59 bits per heavy atom. The molecule has 3 aromatic carbocycles. The summed E-state index contributed by atoms with van der Waals surface area (Å²) < 4.78 is 28.6. The second-order valence-electron chi connectivity index (χ2n) is 7.04. The topological polar surface area (TPSA) is 75.3 Å². The van der Waals surface area contributed by atoms with Crippen LogP contribution in [-0.2, 0) is 15.6 Å². The van der Waals surface area contributed by atoms with Crippen molar-refractivity contribution in [3.05, 3.63) is 94.5 Å². The molecule has 0 heterocycles. The molecule has 148 valence electrons. The van der Waals surface area contributed by atoms with Crippen molar-refractivity contribution in [2.45, 2.75) is 23.3 Å². The highest BCUT2D eigenvalue weighted by atomic mass is 79.9. The second kappa shape index (κ2) is 7.65. The lowest BCUT2D eigenvalue weighted by atomic mass is 10.0. The van der Waals surface area contributed by atoms with Crippen LogP contribution < -0.4 is 10.0 Å². The van der Waals surface area contributed by atoms with Crippen LogP contribution in [0.5, 0.6) is 0 Å². The van der Waals surface area contributed by atoms with Gasteiger partial charge in [0, 0.05) is 15.7 Å². The van der Waals surface area contributed by atoms with Crippen LogP contribution in [0.25, 0.3) is 0 Å². The van der Waals surface area contributed by atoms with Gasteiger partial charge in [-0.25, -0.2) is 8.42 Å². The van der Waals surface area contributed by atoms with Gasteiger partial charge in [0.15, 0.2) is 0 Å². The summed E-state index contributed by atoms with van der Waals surface area (Å²) in [5.74, 6) is -0.230. The van der Waals surface area contributed by atoms with Gasteiger partial charge in [-0.1, -0.05) is 52.3 Å². The fourth-order valence-electron chi connectivity index (χ4n) is 3.21. The number of anilines is 1. The maximum absolute atomic E-state index is 12.8. The third-order valence-corrected chi connectivity index (χ3v) is 6.86. The van der Waals surface area contributed by atoms with Gasteiger partial charge in [-0.15, -0.1) is 0 Å². The summed E-state index contributed by atoms with van der Waals surface area (Å²) in [6.07, 6.45) is 1.75. The Kier molecular flexibility index (Phi) is 5.19. The summed E-state index contributed by atoms with van der Waals surface area (Å²) in [5, 5.41) is 3.11. The molecule has 1 aliphatic carbocycles. The number of benzene rings is 3. The summed E-state index contributed by atoms with van der Waals surface area (Å²) in [6, 6.07) is 22.6. The Labute approximate surface area is 178 Å². The number of carbonyl (C=O) groups is 1. The van der Waals surface area contributed by atoms with E-state index in [9.17, 15) is 13.2 Å². The van der Waals surface area contributed by atoms with Crippen LogP contribution >= 0.6 is 15.9 Å². The number of sulfonamides is 1. The van der Waals surface area contributed by atoms with Crippen LogP contribution in [0, 0.1) is 0 Å². The Balaban J connectivity index is 1.51. The molecule has 0 radical (unpaired) electrons. The third kappa shape index (κ3) is 4.36. The first-order valence-corrected chi connectivity index (χ1v) is 11.4. The van der Waals surface area contributed by atoms with E-state index in [0.717, 1.165) is 22.9 Å². The predicted octanol–water partition coefficient (Wildman–Crippen LogP) is 4.67. The highest BCUT2D eigenvalue weighted by molar-refractivity contribution is 9.10. The standard InChI is InChI=1S/C22H19BrN2O3S/c23-18-11-9-17(10-12-18)22(13-14-22)24-21(26)16-5-4-6-19(15-16)25-29(27,28)20-7-2-1-3-8-20/h1-12,15,25H,13-14H2,(H,24,26). The zero-order chi connectivity index (χ0) is 20.5. The Morgan fingerprint density at radius 3 is 2.24 bits per heavy atom. The number of hydrogen-bond donors (Lipinski definition) is 2. The Morgan fingerprint density at radius 1 is 0.897 bits per heavy atom. The van der Waals surface area contributed by atoms with Crippen LogP contribution in [0.4, 0.5) is 5.69 Å². The van der Waals surface area contributed by atoms with Gasteiger partial charge in [0.2, 0.25) is 0 Å². The van der Waals surface area contributed by atoms with Gasteiger partial charge in [-0.2, -0.15) is 0 Å². The lowest BCUT2D eigenvalue weighted by Gasteiger charge is -2.18. The van der Waals surface area contributed by atoms with Gasteiger partial charge in [0.1, 0.15) is 0 Å². The van der Waals surface area contributed by atoms with Crippen LogP contribution in [-0.4, -0.2) is 14.3 Å². The quantitative estimate of drug-likeness (QED) is 0.549. The van der Waals surface area contributed by atoms with Crippen LogP contribution in [0.2, 0.25) is 0 Å².